The van der Waals surface area contributed by atoms with Gasteiger partial charge in [0.1, 0.15) is 18.0 Å². The number of nitrogens with one attached hydrogen (secondary N) is 1. The van der Waals surface area contributed by atoms with Gasteiger partial charge in [-0.25, -0.2) is 4.98 Å². The third-order valence-corrected chi connectivity index (χ3v) is 5.92. The van der Waals surface area contributed by atoms with Crippen molar-refractivity contribution in [3.63, 3.8) is 0 Å². The second-order valence-corrected chi connectivity index (χ2v) is 8.29. The van der Waals surface area contributed by atoms with E-state index in [0.29, 0.717) is 12.7 Å². The van der Waals surface area contributed by atoms with Gasteiger partial charge in [0.15, 0.2) is 0 Å². The summed E-state index contributed by atoms with van der Waals surface area (Å²) in [5.74, 6) is 1.27. The number of hydrogen-bond acceptors (Lipinski definition) is 6. The van der Waals surface area contributed by atoms with Crippen molar-refractivity contribution in [1.82, 2.24) is 20.1 Å². The van der Waals surface area contributed by atoms with Gasteiger partial charge in [-0.3, -0.25) is 4.90 Å². The highest BCUT2D eigenvalue weighted by molar-refractivity contribution is 5.86. The minimum absolute atomic E-state index is 0.464. The first-order chi connectivity index (χ1) is 16.0. The van der Waals surface area contributed by atoms with Crippen molar-refractivity contribution in [3.8, 4) is 16.9 Å². The van der Waals surface area contributed by atoms with E-state index in [1.165, 1.54) is 16.7 Å². The van der Waals surface area contributed by atoms with Gasteiger partial charge in [0, 0.05) is 11.8 Å². The molecule has 0 aliphatic rings. The summed E-state index contributed by atoms with van der Waals surface area (Å²) < 4.78 is 5.92. The molecule has 6 heteroatoms. The molecule has 0 saturated carbocycles. The van der Waals surface area contributed by atoms with Gasteiger partial charge in [-0.05, 0) is 85.9 Å². The van der Waals surface area contributed by atoms with Gasteiger partial charge in [-0.1, -0.05) is 38.1 Å². The number of rotatable bonds is 8. The Bertz CT molecular complexity index is 1250. The van der Waals surface area contributed by atoms with Crippen molar-refractivity contribution in [2.45, 2.75) is 34.6 Å². The quantitative estimate of drug-likeness (QED) is 0.336. The number of ether oxygens (including phenoxy) is 1. The molecule has 0 fully saturated rings. The van der Waals surface area contributed by atoms with Gasteiger partial charge in [0.2, 0.25) is 5.95 Å². The van der Waals surface area contributed by atoms with E-state index in [2.05, 4.69) is 85.4 Å². The van der Waals surface area contributed by atoms with E-state index in [4.69, 9.17) is 9.72 Å². The van der Waals surface area contributed by atoms with E-state index in [0.717, 1.165) is 46.7 Å². The molecule has 0 bridgehead atoms. The predicted molar refractivity (Wildman–Crippen MR) is 135 cm³/mol. The van der Waals surface area contributed by atoms with Crippen LogP contribution in [-0.4, -0.2) is 39.9 Å². The minimum atomic E-state index is 0.464. The fourth-order valence-corrected chi connectivity index (χ4v) is 4.04. The molecule has 0 atom stereocenters. The summed E-state index contributed by atoms with van der Waals surface area (Å²) in [4.78, 5) is 6.96. The Morgan fingerprint density at radius 2 is 1.58 bits per heavy atom. The van der Waals surface area contributed by atoms with Crippen molar-refractivity contribution in [2.75, 3.05) is 25.1 Å². The molecule has 0 saturated heterocycles. The van der Waals surface area contributed by atoms with Gasteiger partial charge in [0.25, 0.3) is 0 Å². The molecule has 0 spiro atoms. The van der Waals surface area contributed by atoms with Gasteiger partial charge >= 0.3 is 0 Å². The smallest absolute Gasteiger partial charge is 0.247 e. The van der Waals surface area contributed by atoms with E-state index in [-0.39, 0.29) is 0 Å². The number of benzene rings is 3. The monoisotopic (exact) mass is 441 g/mol. The fraction of sp³-hybridized carbons (Fsp3) is 0.296. The topological polar surface area (TPSA) is 63.2 Å². The van der Waals surface area contributed by atoms with Crippen LogP contribution in [0.4, 0.5) is 11.6 Å². The Balaban J connectivity index is 1.58. The summed E-state index contributed by atoms with van der Waals surface area (Å²) in [6, 6.07) is 18.4. The van der Waals surface area contributed by atoms with Crippen LogP contribution < -0.4 is 10.1 Å². The van der Waals surface area contributed by atoms with Crippen molar-refractivity contribution in [3.05, 3.63) is 71.3 Å². The third kappa shape index (κ3) is 5.12. The number of nitrogens with zero attached hydrogens (tertiary/aromatic N) is 4. The van der Waals surface area contributed by atoms with Crippen molar-refractivity contribution in [2.24, 2.45) is 0 Å². The van der Waals surface area contributed by atoms with Gasteiger partial charge in [-0.2, -0.15) is 0 Å². The van der Waals surface area contributed by atoms with Crippen LogP contribution in [0.2, 0.25) is 0 Å². The van der Waals surface area contributed by atoms with E-state index < -0.39 is 0 Å². The molecule has 0 aliphatic carbocycles. The second kappa shape index (κ2) is 9.96. The van der Waals surface area contributed by atoms with Crippen molar-refractivity contribution < 1.29 is 4.74 Å². The third-order valence-electron chi connectivity index (χ3n) is 5.92. The highest BCUT2D eigenvalue weighted by Crippen LogP contribution is 2.31. The largest absolute Gasteiger partial charge is 0.478 e. The molecule has 0 unspecified atom stereocenters. The lowest BCUT2D eigenvalue weighted by Crippen LogP contribution is -2.27. The zero-order valence-corrected chi connectivity index (χ0v) is 20.0. The molecule has 4 aromatic rings. The highest BCUT2D eigenvalue weighted by Gasteiger charge is 2.11. The molecule has 33 heavy (non-hydrogen) atoms. The van der Waals surface area contributed by atoms with Crippen molar-refractivity contribution >= 4 is 22.7 Å². The first-order valence-corrected chi connectivity index (χ1v) is 11.4. The maximum absolute atomic E-state index is 5.92. The van der Waals surface area contributed by atoms with Gasteiger partial charge in [-0.15, -0.1) is 10.2 Å². The molecule has 0 aliphatic heterocycles. The normalized spacial score (nSPS) is 11.2. The number of aryl methyl sites for hydroxylation is 3. The Labute approximate surface area is 195 Å². The van der Waals surface area contributed by atoms with Crippen LogP contribution in [0, 0.1) is 20.8 Å². The number of fused-ring (bicyclic) bond motifs is 1. The molecule has 0 radical (unpaired) electrons. The van der Waals surface area contributed by atoms with E-state index in [1.54, 1.807) is 0 Å². The van der Waals surface area contributed by atoms with E-state index >= 15 is 0 Å². The van der Waals surface area contributed by atoms with Crippen LogP contribution >= 0.6 is 0 Å². The molecular weight excluding hydrogens is 410 g/mol. The maximum atomic E-state index is 5.92. The minimum Gasteiger partial charge on any atom is -0.478 e. The second-order valence-electron chi connectivity index (χ2n) is 8.29. The summed E-state index contributed by atoms with van der Waals surface area (Å²) in [5, 5.41) is 12.1. The molecule has 170 valence electrons. The van der Waals surface area contributed by atoms with Crippen LogP contribution in [-0.2, 0) is 0 Å². The van der Waals surface area contributed by atoms with Crippen LogP contribution in [0.25, 0.3) is 22.2 Å². The molecule has 3 aromatic carbocycles. The Morgan fingerprint density at radius 3 is 2.30 bits per heavy atom. The van der Waals surface area contributed by atoms with Crippen LogP contribution in [0.3, 0.4) is 0 Å². The van der Waals surface area contributed by atoms with Crippen LogP contribution in [0.15, 0.2) is 54.6 Å². The van der Waals surface area contributed by atoms with Gasteiger partial charge < -0.3 is 10.1 Å². The predicted octanol–water partition coefficient (Wildman–Crippen LogP) is 6.04. The lowest BCUT2D eigenvalue weighted by Gasteiger charge is -2.18. The molecule has 4 rings (SSSR count). The maximum Gasteiger partial charge on any atom is 0.247 e. The standard InChI is InChI=1S/C27H31N5O/c1-6-32(7-2)17-33-23-13-9-12-22(16-23)28-27-29-26-20(5)14-21(15-24(26)30-31-27)25-18(3)10-8-11-19(25)4/h8-16H,6-7,17H2,1-5H3,(H,28,29,31). The summed E-state index contributed by atoms with van der Waals surface area (Å²) in [6.07, 6.45) is 0. The number of hydrogen-bond donors (Lipinski definition) is 1. The fourth-order valence-electron chi connectivity index (χ4n) is 4.04. The number of anilines is 2. The van der Waals surface area contributed by atoms with Crippen molar-refractivity contribution in [1.29, 1.82) is 0 Å². The summed E-state index contributed by atoms with van der Waals surface area (Å²) in [5.41, 5.74) is 8.44. The average molecular weight is 442 g/mol. The highest BCUT2D eigenvalue weighted by atomic mass is 16.5. The SMILES string of the molecule is CCN(CC)COc1cccc(Nc2nnc3cc(-c4c(C)cccc4C)cc(C)c3n2)c1. The summed E-state index contributed by atoms with van der Waals surface area (Å²) in [7, 11) is 0. The lowest BCUT2D eigenvalue weighted by molar-refractivity contribution is 0.137. The average Bonchev–Trinajstić information content (AvgIpc) is 2.80. The Morgan fingerprint density at radius 1 is 0.848 bits per heavy atom. The summed E-state index contributed by atoms with van der Waals surface area (Å²) in [6.45, 7) is 13.1. The van der Waals surface area contributed by atoms with E-state index in [1.807, 2.05) is 24.3 Å². The lowest BCUT2D eigenvalue weighted by atomic mass is 9.94. The Hall–Kier alpha value is -3.51. The molecular formula is C27H31N5O. The first kappa shape index (κ1) is 22.7. The molecule has 1 heterocycles. The molecule has 1 N–H and O–H groups in total. The van der Waals surface area contributed by atoms with Crippen LogP contribution in [0.1, 0.15) is 30.5 Å². The Kier molecular flexibility index (Phi) is 6.84. The van der Waals surface area contributed by atoms with Crippen LogP contribution in [0.5, 0.6) is 5.75 Å². The molecule has 6 nitrogen and oxygen atoms in total. The van der Waals surface area contributed by atoms with E-state index in [9.17, 15) is 0 Å². The first-order valence-electron chi connectivity index (χ1n) is 11.4. The zero-order valence-electron chi connectivity index (χ0n) is 20.0. The van der Waals surface area contributed by atoms with Gasteiger partial charge in [0.05, 0.1) is 5.52 Å². The zero-order chi connectivity index (χ0) is 23.4. The summed E-state index contributed by atoms with van der Waals surface area (Å²) >= 11 is 0. The molecule has 1 aromatic heterocycles. The number of aromatic nitrogens is 3. The molecule has 0 amide bonds.